The maximum Gasteiger partial charge on any atom is 0.375 e. The minimum Gasteiger partial charge on any atom is -0.449 e. The van der Waals surface area contributed by atoms with E-state index in [4.69, 9.17) is 19.2 Å². The highest BCUT2D eigenvalue weighted by Crippen LogP contribution is 2.27. The molecular formula is C19H22N2O5. The molecule has 1 aromatic heterocycles. The lowest BCUT2D eigenvalue weighted by molar-refractivity contribution is -0.138. The van der Waals surface area contributed by atoms with Gasteiger partial charge in [-0.3, -0.25) is 4.79 Å². The summed E-state index contributed by atoms with van der Waals surface area (Å²) < 4.78 is 16.4. The summed E-state index contributed by atoms with van der Waals surface area (Å²) in [7, 11) is 1.56. The lowest BCUT2D eigenvalue weighted by Gasteiger charge is -2.20. The van der Waals surface area contributed by atoms with Gasteiger partial charge in [0.25, 0.3) is 5.91 Å². The molecule has 2 aromatic rings. The second-order valence-corrected chi connectivity index (χ2v) is 5.76. The maximum atomic E-state index is 12.6. The highest BCUT2D eigenvalue weighted by molar-refractivity contribution is 5.97. The number of hydrogen-bond acceptors (Lipinski definition) is 6. The first-order valence-electron chi connectivity index (χ1n) is 8.40. The number of carbonyl (C=O) groups is 2. The third kappa shape index (κ3) is 4.41. The summed E-state index contributed by atoms with van der Waals surface area (Å²) in [5.74, 6) is -1.06. The second-order valence-electron chi connectivity index (χ2n) is 5.76. The summed E-state index contributed by atoms with van der Waals surface area (Å²) in [6.45, 7) is 4.33. The number of hydrogen-bond donors (Lipinski definition) is 0. The van der Waals surface area contributed by atoms with Gasteiger partial charge in [0.1, 0.15) is 5.58 Å². The molecule has 0 aliphatic rings. The van der Waals surface area contributed by atoms with Crippen molar-refractivity contribution in [2.45, 2.75) is 33.0 Å². The largest absolute Gasteiger partial charge is 0.449 e. The number of nitrogens with zero attached hydrogens (tertiary/aromatic N) is 2. The number of fused-ring (bicyclic) bond motifs is 1. The molecular weight excluding hydrogens is 336 g/mol. The molecule has 7 nitrogen and oxygen atoms in total. The molecule has 1 heterocycles. The van der Waals surface area contributed by atoms with Crippen molar-refractivity contribution >= 4 is 22.8 Å². The Morgan fingerprint density at radius 1 is 1.35 bits per heavy atom. The molecule has 0 unspecified atom stereocenters. The van der Waals surface area contributed by atoms with E-state index < -0.39 is 12.1 Å². The fraction of sp³-hybridized carbons (Fsp3) is 0.421. The predicted molar refractivity (Wildman–Crippen MR) is 94.3 cm³/mol. The molecule has 1 amide bonds. The summed E-state index contributed by atoms with van der Waals surface area (Å²) in [6.07, 6.45) is -0.773. The number of esters is 1. The Kier molecular flexibility index (Phi) is 6.75. The molecule has 26 heavy (non-hydrogen) atoms. The Morgan fingerprint density at radius 3 is 2.77 bits per heavy atom. The van der Waals surface area contributed by atoms with Crippen LogP contribution in [0.4, 0.5) is 0 Å². The Labute approximate surface area is 152 Å². The van der Waals surface area contributed by atoms with Crippen molar-refractivity contribution in [3.05, 3.63) is 35.6 Å². The van der Waals surface area contributed by atoms with E-state index in [-0.39, 0.29) is 31.2 Å². The molecule has 1 atom stereocenters. The van der Waals surface area contributed by atoms with Crippen LogP contribution >= 0.6 is 0 Å². The smallest absolute Gasteiger partial charge is 0.375 e. The van der Waals surface area contributed by atoms with Gasteiger partial charge in [0, 0.05) is 31.1 Å². The normalized spacial score (nSPS) is 11.8. The zero-order valence-corrected chi connectivity index (χ0v) is 15.2. The van der Waals surface area contributed by atoms with Crippen LogP contribution in [0.5, 0.6) is 0 Å². The number of likely N-dealkylation sites (N-methyl/N-ethyl adjacent to an activating group) is 1. The average molecular weight is 358 g/mol. The third-order valence-corrected chi connectivity index (χ3v) is 3.90. The second kappa shape index (κ2) is 9.02. The molecule has 0 aliphatic heterocycles. The van der Waals surface area contributed by atoms with Gasteiger partial charge in [-0.05, 0) is 19.9 Å². The van der Waals surface area contributed by atoms with Gasteiger partial charge >= 0.3 is 5.97 Å². The molecule has 0 radical (unpaired) electrons. The number of rotatable bonds is 8. The molecule has 1 aromatic carbocycles. The minimum atomic E-state index is -0.987. The van der Waals surface area contributed by atoms with Crippen LogP contribution in [0.1, 0.15) is 36.4 Å². The van der Waals surface area contributed by atoms with E-state index in [2.05, 4.69) is 0 Å². The molecule has 0 spiro atoms. The predicted octanol–water partition coefficient (Wildman–Crippen LogP) is 2.89. The van der Waals surface area contributed by atoms with Crippen molar-refractivity contribution in [1.29, 1.82) is 5.26 Å². The molecule has 0 saturated heterocycles. The van der Waals surface area contributed by atoms with Crippen molar-refractivity contribution in [2.24, 2.45) is 0 Å². The van der Waals surface area contributed by atoms with Crippen LogP contribution in [0.3, 0.4) is 0 Å². The number of para-hydroxylation sites is 1. The standard InChI is InChI=1S/C19H22N2O5/c1-4-24-12-15-14-8-5-6-9-16(14)26-17(15)19(23)25-13(2)18(22)21(3)11-7-10-20/h5-6,8-9,13H,4,7,11-12H2,1-3H3/t13-/m0/s1. The summed E-state index contributed by atoms with van der Waals surface area (Å²) >= 11 is 0. The lowest BCUT2D eigenvalue weighted by Crippen LogP contribution is -2.38. The molecule has 0 N–H and O–H groups in total. The van der Waals surface area contributed by atoms with Crippen LogP contribution in [0.25, 0.3) is 11.0 Å². The van der Waals surface area contributed by atoms with E-state index in [9.17, 15) is 9.59 Å². The Bertz CT molecular complexity index is 821. The third-order valence-electron chi connectivity index (χ3n) is 3.90. The number of ether oxygens (including phenoxy) is 2. The van der Waals surface area contributed by atoms with Gasteiger partial charge in [-0.25, -0.2) is 4.79 Å². The van der Waals surface area contributed by atoms with E-state index in [1.165, 1.54) is 11.8 Å². The fourth-order valence-corrected chi connectivity index (χ4v) is 2.51. The zero-order valence-electron chi connectivity index (χ0n) is 15.2. The van der Waals surface area contributed by atoms with Gasteiger partial charge < -0.3 is 18.8 Å². The van der Waals surface area contributed by atoms with Crippen molar-refractivity contribution in [3.63, 3.8) is 0 Å². The van der Waals surface area contributed by atoms with Gasteiger partial charge in [0.05, 0.1) is 19.1 Å². The average Bonchev–Trinajstić information content (AvgIpc) is 3.02. The maximum absolute atomic E-state index is 12.6. The highest BCUT2D eigenvalue weighted by Gasteiger charge is 2.27. The van der Waals surface area contributed by atoms with Crippen LogP contribution in [0, 0.1) is 11.3 Å². The summed E-state index contributed by atoms with van der Waals surface area (Å²) in [4.78, 5) is 26.1. The van der Waals surface area contributed by atoms with E-state index in [0.29, 0.717) is 17.8 Å². The van der Waals surface area contributed by atoms with E-state index in [0.717, 1.165) is 5.39 Å². The number of amides is 1. The van der Waals surface area contributed by atoms with Crippen molar-refractivity contribution < 1.29 is 23.5 Å². The lowest BCUT2D eigenvalue weighted by atomic mass is 10.1. The molecule has 0 fully saturated rings. The SMILES string of the molecule is CCOCc1c(C(=O)O[C@@H](C)C(=O)N(C)CCC#N)oc2ccccc12. The van der Waals surface area contributed by atoms with Crippen molar-refractivity contribution in [1.82, 2.24) is 4.90 Å². The monoisotopic (exact) mass is 358 g/mol. The van der Waals surface area contributed by atoms with Gasteiger partial charge in [-0.1, -0.05) is 18.2 Å². The van der Waals surface area contributed by atoms with Gasteiger partial charge in [0.15, 0.2) is 6.10 Å². The van der Waals surface area contributed by atoms with E-state index in [1.807, 2.05) is 31.2 Å². The number of benzene rings is 1. The summed E-state index contributed by atoms with van der Waals surface area (Å²) in [5, 5.41) is 9.38. The Morgan fingerprint density at radius 2 is 2.08 bits per heavy atom. The Balaban J connectivity index is 2.18. The van der Waals surface area contributed by atoms with Crippen LogP contribution in [0.15, 0.2) is 28.7 Å². The minimum absolute atomic E-state index is 0.0407. The van der Waals surface area contributed by atoms with Gasteiger partial charge in [-0.2, -0.15) is 5.26 Å². The Hall–Kier alpha value is -2.85. The van der Waals surface area contributed by atoms with Crippen LogP contribution in [-0.2, 0) is 20.9 Å². The first kappa shape index (κ1) is 19.5. The van der Waals surface area contributed by atoms with E-state index in [1.54, 1.807) is 13.1 Å². The molecule has 138 valence electrons. The van der Waals surface area contributed by atoms with Crippen LogP contribution in [0.2, 0.25) is 0 Å². The number of furan rings is 1. The van der Waals surface area contributed by atoms with E-state index >= 15 is 0 Å². The fourth-order valence-electron chi connectivity index (χ4n) is 2.51. The van der Waals surface area contributed by atoms with Crippen molar-refractivity contribution in [3.8, 4) is 6.07 Å². The zero-order chi connectivity index (χ0) is 19.1. The summed E-state index contributed by atoms with van der Waals surface area (Å²) in [5.41, 5.74) is 1.16. The van der Waals surface area contributed by atoms with Crippen LogP contribution < -0.4 is 0 Å². The van der Waals surface area contributed by atoms with Crippen molar-refractivity contribution in [2.75, 3.05) is 20.2 Å². The van der Waals surface area contributed by atoms with Gasteiger partial charge in [-0.15, -0.1) is 0 Å². The number of nitriles is 1. The first-order chi connectivity index (χ1) is 12.5. The molecule has 0 saturated carbocycles. The molecule has 7 heteroatoms. The summed E-state index contributed by atoms with van der Waals surface area (Å²) in [6, 6.07) is 9.22. The van der Waals surface area contributed by atoms with Gasteiger partial charge in [0.2, 0.25) is 5.76 Å². The molecule has 0 bridgehead atoms. The molecule has 0 aliphatic carbocycles. The topological polar surface area (TPSA) is 92.8 Å². The molecule has 2 rings (SSSR count). The quantitative estimate of drug-likeness (QED) is 0.674. The first-order valence-corrected chi connectivity index (χ1v) is 8.40. The highest BCUT2D eigenvalue weighted by atomic mass is 16.6. The number of carbonyl (C=O) groups excluding carboxylic acids is 2. The van der Waals surface area contributed by atoms with Crippen LogP contribution in [-0.4, -0.2) is 43.1 Å².